The molecule has 5 rings (SSSR count). The molecule has 0 amide bonds. The highest BCUT2D eigenvalue weighted by molar-refractivity contribution is 5.43. The molecule has 0 spiro atoms. The maximum Gasteiger partial charge on any atom is 0.115 e. The van der Waals surface area contributed by atoms with Crippen LogP contribution < -0.4 is 0 Å². The van der Waals surface area contributed by atoms with Gasteiger partial charge in [0.05, 0.1) is 6.10 Å². The summed E-state index contributed by atoms with van der Waals surface area (Å²) in [5.74, 6) is 2.37. The third-order valence-electron chi connectivity index (χ3n) is 8.41. The van der Waals surface area contributed by atoms with E-state index < -0.39 is 0 Å². The van der Waals surface area contributed by atoms with Gasteiger partial charge in [0.15, 0.2) is 0 Å². The molecule has 0 aliphatic heterocycles. The van der Waals surface area contributed by atoms with Crippen LogP contribution in [0.2, 0.25) is 0 Å². The fraction of sp³-hybridized carbons (Fsp3) is 0.481. The Bertz CT molecular complexity index is 933. The molecule has 0 bridgehead atoms. The third-order valence-corrected chi connectivity index (χ3v) is 8.41. The maximum atomic E-state index is 11.0. The van der Waals surface area contributed by atoms with E-state index in [2.05, 4.69) is 56.8 Å². The number of fused-ring (bicyclic) bond motifs is 5. The fourth-order valence-electron chi connectivity index (χ4n) is 7.39. The Kier molecular flexibility index (Phi) is 4.40. The number of aromatic hydroxyl groups is 1. The van der Waals surface area contributed by atoms with Crippen LogP contribution in [-0.4, -0.2) is 16.3 Å². The van der Waals surface area contributed by atoms with Gasteiger partial charge >= 0.3 is 0 Å². The van der Waals surface area contributed by atoms with Gasteiger partial charge in [-0.15, -0.1) is 0 Å². The monoisotopic (exact) mass is 388 g/mol. The number of phenols is 1. The second-order valence-electron chi connectivity index (χ2n) is 10.2. The van der Waals surface area contributed by atoms with Gasteiger partial charge < -0.3 is 10.2 Å². The molecule has 2 N–H and O–H groups in total. The van der Waals surface area contributed by atoms with Crippen molar-refractivity contribution in [2.45, 2.75) is 57.5 Å². The van der Waals surface area contributed by atoms with Gasteiger partial charge in [0.2, 0.25) is 0 Å². The molecule has 29 heavy (non-hydrogen) atoms. The van der Waals surface area contributed by atoms with E-state index in [1.165, 1.54) is 16.7 Å². The van der Waals surface area contributed by atoms with Crippen molar-refractivity contribution in [3.05, 3.63) is 77.4 Å². The Morgan fingerprint density at radius 2 is 1.86 bits per heavy atom. The van der Waals surface area contributed by atoms with Crippen LogP contribution in [0.1, 0.15) is 61.6 Å². The van der Waals surface area contributed by atoms with Crippen LogP contribution in [0.5, 0.6) is 5.75 Å². The van der Waals surface area contributed by atoms with Gasteiger partial charge in [0, 0.05) is 5.92 Å². The Balaban J connectivity index is 1.68. The first-order valence-corrected chi connectivity index (χ1v) is 11.1. The molecule has 0 aromatic heterocycles. The summed E-state index contributed by atoms with van der Waals surface area (Å²) in [5, 5.41) is 21.2. The number of phenolic OH excluding ortho intramolecular Hbond substituents is 1. The maximum absolute atomic E-state index is 11.0. The molecule has 2 aromatic carbocycles. The molecule has 2 nitrogen and oxygen atoms in total. The summed E-state index contributed by atoms with van der Waals surface area (Å²) in [5.41, 5.74) is 5.42. The van der Waals surface area contributed by atoms with E-state index >= 15 is 0 Å². The molecule has 3 aliphatic rings. The van der Waals surface area contributed by atoms with Gasteiger partial charge in [-0.05, 0) is 90.5 Å². The van der Waals surface area contributed by atoms with Gasteiger partial charge in [-0.2, -0.15) is 0 Å². The van der Waals surface area contributed by atoms with E-state index in [9.17, 15) is 10.2 Å². The third kappa shape index (κ3) is 2.87. The number of aliphatic hydroxyl groups excluding tert-OH is 1. The number of benzene rings is 2. The van der Waals surface area contributed by atoms with E-state index in [1.54, 1.807) is 0 Å². The molecular weight excluding hydrogens is 356 g/mol. The van der Waals surface area contributed by atoms with Crippen molar-refractivity contribution in [2.24, 2.45) is 23.2 Å². The Morgan fingerprint density at radius 1 is 1.10 bits per heavy atom. The van der Waals surface area contributed by atoms with Crippen molar-refractivity contribution >= 4 is 0 Å². The van der Waals surface area contributed by atoms with Crippen LogP contribution in [0.3, 0.4) is 0 Å². The molecular formula is C27H32O2. The summed E-state index contributed by atoms with van der Waals surface area (Å²) in [6, 6.07) is 16.9. The molecule has 0 saturated heterocycles. The molecule has 0 heterocycles. The number of hydrogen-bond acceptors (Lipinski definition) is 2. The van der Waals surface area contributed by atoms with Crippen molar-refractivity contribution in [1.82, 2.24) is 0 Å². The summed E-state index contributed by atoms with van der Waals surface area (Å²) in [6.07, 6.45) is 3.89. The van der Waals surface area contributed by atoms with Crippen molar-refractivity contribution in [3.63, 3.8) is 0 Å². The largest absolute Gasteiger partial charge is 0.508 e. The smallest absolute Gasteiger partial charge is 0.115 e. The van der Waals surface area contributed by atoms with E-state index in [0.29, 0.717) is 29.4 Å². The molecule has 152 valence electrons. The average molecular weight is 389 g/mol. The minimum atomic E-state index is -0.279. The van der Waals surface area contributed by atoms with Gasteiger partial charge in [-0.25, -0.2) is 0 Å². The lowest BCUT2D eigenvalue weighted by Gasteiger charge is -2.54. The molecule has 2 saturated carbocycles. The summed E-state index contributed by atoms with van der Waals surface area (Å²) < 4.78 is 0. The zero-order valence-electron chi connectivity index (χ0n) is 17.5. The molecule has 2 fully saturated rings. The van der Waals surface area contributed by atoms with Crippen LogP contribution in [0.15, 0.2) is 60.7 Å². The van der Waals surface area contributed by atoms with Gasteiger partial charge in [0.25, 0.3) is 0 Å². The quantitative estimate of drug-likeness (QED) is 0.638. The minimum Gasteiger partial charge on any atom is -0.508 e. The molecule has 0 radical (unpaired) electrons. The van der Waals surface area contributed by atoms with Crippen LogP contribution in [0, 0.1) is 23.2 Å². The summed E-state index contributed by atoms with van der Waals surface area (Å²) in [4.78, 5) is 0. The molecule has 7 atom stereocenters. The van der Waals surface area contributed by atoms with E-state index in [0.717, 1.165) is 31.3 Å². The van der Waals surface area contributed by atoms with E-state index in [-0.39, 0.29) is 17.4 Å². The van der Waals surface area contributed by atoms with Crippen molar-refractivity contribution in [2.75, 3.05) is 0 Å². The van der Waals surface area contributed by atoms with Crippen molar-refractivity contribution in [3.8, 4) is 5.75 Å². The zero-order chi connectivity index (χ0) is 20.3. The highest BCUT2D eigenvalue weighted by Crippen LogP contribution is 2.66. The topological polar surface area (TPSA) is 40.5 Å². The first-order valence-electron chi connectivity index (χ1n) is 11.1. The highest BCUT2D eigenvalue weighted by Gasteiger charge is 2.59. The summed E-state index contributed by atoms with van der Waals surface area (Å²) in [6.45, 7) is 8.83. The Labute approximate surface area is 174 Å². The highest BCUT2D eigenvalue weighted by atomic mass is 16.3. The van der Waals surface area contributed by atoms with Gasteiger partial charge in [0.1, 0.15) is 5.75 Å². The minimum absolute atomic E-state index is 0.172. The van der Waals surface area contributed by atoms with Gasteiger partial charge in [-0.3, -0.25) is 0 Å². The fourth-order valence-corrected chi connectivity index (χ4v) is 7.39. The number of aliphatic hydroxyl groups is 1. The van der Waals surface area contributed by atoms with Crippen LogP contribution in [0.25, 0.3) is 0 Å². The summed E-state index contributed by atoms with van der Waals surface area (Å²) in [7, 11) is 0. The first kappa shape index (κ1) is 18.9. The van der Waals surface area contributed by atoms with E-state index in [4.69, 9.17) is 0 Å². The molecule has 3 aliphatic carbocycles. The van der Waals surface area contributed by atoms with Crippen molar-refractivity contribution < 1.29 is 10.2 Å². The second kappa shape index (κ2) is 6.74. The van der Waals surface area contributed by atoms with E-state index in [1.807, 2.05) is 12.1 Å². The van der Waals surface area contributed by atoms with Crippen LogP contribution >= 0.6 is 0 Å². The molecule has 2 aromatic rings. The average Bonchev–Trinajstić information content (AvgIpc) is 2.97. The Hall–Kier alpha value is -2.06. The Morgan fingerprint density at radius 3 is 2.59 bits per heavy atom. The predicted molar refractivity (Wildman–Crippen MR) is 117 cm³/mol. The van der Waals surface area contributed by atoms with Crippen molar-refractivity contribution in [1.29, 1.82) is 0 Å². The number of hydrogen-bond donors (Lipinski definition) is 2. The first-order chi connectivity index (χ1) is 13.9. The molecule has 0 unspecified atom stereocenters. The van der Waals surface area contributed by atoms with Gasteiger partial charge in [-0.1, -0.05) is 55.5 Å². The van der Waals surface area contributed by atoms with Crippen LogP contribution in [0.4, 0.5) is 0 Å². The SMILES string of the molecule is C=C(C)[C@@H]1[C@H]2[C@H]3[C@H](CC[C@]2(C)C[C@H]1O)c1ccc(O)cc1C[C@H]3c1ccccc1. The normalized spacial score (nSPS) is 38.0. The second-order valence-corrected chi connectivity index (χ2v) is 10.2. The lowest BCUT2D eigenvalue weighted by Crippen LogP contribution is -2.45. The summed E-state index contributed by atoms with van der Waals surface area (Å²) >= 11 is 0. The van der Waals surface area contributed by atoms with Crippen LogP contribution in [-0.2, 0) is 6.42 Å². The standard InChI is InChI=1S/C27H32O2/c1-16(2)24-23(29)15-27(3)12-11-21-20-10-9-19(28)13-18(20)14-22(25(21)26(24)27)17-7-5-4-6-8-17/h4-10,13,21-26,28-29H,1,11-12,14-15H2,2-3H3/t21-,22+,23-,24+,25+,26+,27-/m1/s1. The lowest BCUT2D eigenvalue weighted by atomic mass is 9.50. The molecule has 2 heteroatoms. The zero-order valence-corrected chi connectivity index (χ0v) is 17.5. The predicted octanol–water partition coefficient (Wildman–Crippen LogP) is 5.81. The number of rotatable bonds is 2. The lowest BCUT2D eigenvalue weighted by molar-refractivity contribution is 0.0280.